The maximum Gasteiger partial charge on any atom is 0.266 e. The molecule has 0 saturated heterocycles. The van der Waals surface area contributed by atoms with E-state index in [1.165, 1.54) is 64.2 Å². The molecule has 0 aliphatic heterocycles. The standard InChI is InChI=1S/C24H49NO5S/c1-3-5-7-9-11-12-14-16-18-20-24(27)25-22(21-31(28,29)30)23(26)19-17-15-13-10-8-6-4-2/h22-23,26H,3-21H2,1-2H3,(H,25,27)(H,28,29,30). The van der Waals surface area contributed by atoms with Crippen LogP contribution in [-0.4, -0.2) is 41.9 Å². The van der Waals surface area contributed by atoms with E-state index in [-0.39, 0.29) is 5.91 Å². The molecule has 0 bridgehead atoms. The van der Waals surface area contributed by atoms with E-state index in [2.05, 4.69) is 19.2 Å². The Morgan fingerprint density at radius 2 is 1.16 bits per heavy atom. The van der Waals surface area contributed by atoms with Gasteiger partial charge in [-0.05, 0) is 12.8 Å². The van der Waals surface area contributed by atoms with Crippen molar-refractivity contribution in [2.24, 2.45) is 0 Å². The van der Waals surface area contributed by atoms with Gasteiger partial charge in [-0.1, -0.05) is 110 Å². The molecule has 0 aliphatic carbocycles. The number of nitrogens with one attached hydrogen (secondary N) is 1. The zero-order valence-electron chi connectivity index (χ0n) is 20.1. The maximum atomic E-state index is 12.2. The molecule has 0 radical (unpaired) electrons. The van der Waals surface area contributed by atoms with Gasteiger partial charge in [-0.25, -0.2) is 0 Å². The minimum atomic E-state index is -4.28. The smallest absolute Gasteiger partial charge is 0.266 e. The molecule has 0 saturated carbocycles. The van der Waals surface area contributed by atoms with Crippen molar-refractivity contribution >= 4 is 16.0 Å². The summed E-state index contributed by atoms with van der Waals surface area (Å²) < 4.78 is 31.9. The molecule has 6 nitrogen and oxygen atoms in total. The third-order valence-corrected chi connectivity index (χ3v) is 6.59. The summed E-state index contributed by atoms with van der Waals surface area (Å²) in [4.78, 5) is 12.2. The predicted octanol–water partition coefficient (Wildman–Crippen LogP) is 5.78. The lowest BCUT2D eigenvalue weighted by Gasteiger charge is -2.23. The van der Waals surface area contributed by atoms with Gasteiger partial charge in [0, 0.05) is 6.42 Å². The van der Waals surface area contributed by atoms with Crippen molar-refractivity contribution < 1.29 is 22.9 Å². The Balaban J connectivity index is 4.13. The van der Waals surface area contributed by atoms with E-state index < -0.39 is 28.0 Å². The Morgan fingerprint density at radius 3 is 1.61 bits per heavy atom. The van der Waals surface area contributed by atoms with Gasteiger partial charge in [0.05, 0.1) is 17.9 Å². The zero-order valence-corrected chi connectivity index (χ0v) is 20.9. The number of rotatable bonds is 22. The van der Waals surface area contributed by atoms with E-state index >= 15 is 0 Å². The molecule has 0 spiro atoms. The number of hydrogen-bond donors (Lipinski definition) is 3. The normalized spacial score (nSPS) is 13.8. The van der Waals surface area contributed by atoms with Gasteiger partial charge in [-0.15, -0.1) is 0 Å². The van der Waals surface area contributed by atoms with E-state index in [1.54, 1.807) is 0 Å². The van der Waals surface area contributed by atoms with Crippen molar-refractivity contribution in [3.05, 3.63) is 0 Å². The summed E-state index contributed by atoms with van der Waals surface area (Å²) in [6, 6.07) is -0.957. The molecule has 7 heteroatoms. The van der Waals surface area contributed by atoms with Crippen LogP contribution in [0.5, 0.6) is 0 Å². The molecule has 0 rings (SSSR count). The summed E-state index contributed by atoms with van der Waals surface area (Å²) in [6.07, 6.45) is 17.9. The number of hydrogen-bond acceptors (Lipinski definition) is 4. The molecule has 31 heavy (non-hydrogen) atoms. The van der Waals surface area contributed by atoms with Crippen LogP contribution in [0.3, 0.4) is 0 Å². The van der Waals surface area contributed by atoms with Gasteiger partial charge < -0.3 is 10.4 Å². The average Bonchev–Trinajstić information content (AvgIpc) is 2.70. The van der Waals surface area contributed by atoms with Gasteiger partial charge >= 0.3 is 0 Å². The maximum absolute atomic E-state index is 12.2. The molecule has 0 aromatic carbocycles. The summed E-state index contributed by atoms with van der Waals surface area (Å²) in [5, 5.41) is 13.0. The Morgan fingerprint density at radius 1 is 0.742 bits per heavy atom. The number of aliphatic hydroxyl groups is 1. The van der Waals surface area contributed by atoms with E-state index in [4.69, 9.17) is 0 Å². The second-order valence-corrected chi connectivity index (χ2v) is 10.5. The largest absolute Gasteiger partial charge is 0.391 e. The quantitative estimate of drug-likeness (QED) is 0.139. The fourth-order valence-corrected chi connectivity index (χ4v) is 4.62. The Kier molecular flexibility index (Phi) is 19.6. The Hall–Kier alpha value is -0.660. The van der Waals surface area contributed by atoms with Crippen molar-refractivity contribution in [2.45, 2.75) is 142 Å². The van der Waals surface area contributed by atoms with Gasteiger partial charge in [-0.2, -0.15) is 8.42 Å². The van der Waals surface area contributed by atoms with Crippen LogP contribution < -0.4 is 5.32 Å². The number of carbonyl (C=O) groups excluding carboxylic acids is 1. The first kappa shape index (κ1) is 30.3. The lowest BCUT2D eigenvalue weighted by atomic mass is 10.0. The molecule has 0 aromatic rings. The highest BCUT2D eigenvalue weighted by Crippen LogP contribution is 2.13. The monoisotopic (exact) mass is 463 g/mol. The molecule has 2 unspecified atom stereocenters. The van der Waals surface area contributed by atoms with E-state index in [0.717, 1.165) is 38.5 Å². The Bertz CT molecular complexity index is 524. The van der Waals surface area contributed by atoms with Crippen LogP contribution in [0.1, 0.15) is 129 Å². The Labute approximate surface area is 191 Å². The van der Waals surface area contributed by atoms with Crippen LogP contribution in [0, 0.1) is 0 Å². The lowest BCUT2D eigenvalue weighted by molar-refractivity contribution is -0.122. The molecule has 0 heterocycles. The van der Waals surface area contributed by atoms with Crippen molar-refractivity contribution in [3.63, 3.8) is 0 Å². The van der Waals surface area contributed by atoms with Crippen LogP contribution in [0.25, 0.3) is 0 Å². The fourth-order valence-electron chi connectivity index (χ4n) is 3.86. The molecule has 0 aromatic heterocycles. The number of unbranched alkanes of at least 4 members (excludes halogenated alkanes) is 14. The van der Waals surface area contributed by atoms with E-state index in [9.17, 15) is 22.9 Å². The summed E-state index contributed by atoms with van der Waals surface area (Å²) in [5.41, 5.74) is 0. The lowest BCUT2D eigenvalue weighted by Crippen LogP contribution is -2.47. The van der Waals surface area contributed by atoms with Gasteiger partial charge in [-0.3, -0.25) is 9.35 Å². The molecule has 3 N–H and O–H groups in total. The first-order valence-corrected chi connectivity index (χ1v) is 14.3. The van der Waals surface area contributed by atoms with Crippen molar-refractivity contribution in [1.82, 2.24) is 5.32 Å². The van der Waals surface area contributed by atoms with Crippen LogP contribution >= 0.6 is 0 Å². The first-order valence-electron chi connectivity index (χ1n) is 12.7. The second-order valence-electron chi connectivity index (χ2n) is 8.98. The summed E-state index contributed by atoms with van der Waals surface area (Å²) in [7, 11) is -4.28. The molecular weight excluding hydrogens is 414 g/mol. The third-order valence-electron chi connectivity index (χ3n) is 5.81. The highest BCUT2D eigenvalue weighted by molar-refractivity contribution is 7.85. The summed E-state index contributed by atoms with van der Waals surface area (Å²) in [6.45, 7) is 4.38. The van der Waals surface area contributed by atoms with Crippen LogP contribution in [0.2, 0.25) is 0 Å². The third kappa shape index (κ3) is 21.0. The van der Waals surface area contributed by atoms with E-state index in [1.807, 2.05) is 0 Å². The van der Waals surface area contributed by atoms with Gasteiger partial charge in [0.2, 0.25) is 5.91 Å². The second kappa shape index (κ2) is 20.0. The van der Waals surface area contributed by atoms with Crippen molar-refractivity contribution in [2.75, 3.05) is 5.75 Å². The topological polar surface area (TPSA) is 104 Å². The van der Waals surface area contributed by atoms with Crippen molar-refractivity contribution in [1.29, 1.82) is 0 Å². The summed E-state index contributed by atoms with van der Waals surface area (Å²) >= 11 is 0. The zero-order chi connectivity index (χ0) is 23.4. The van der Waals surface area contributed by atoms with Gasteiger partial charge in [0.15, 0.2) is 0 Å². The molecule has 2 atom stereocenters. The van der Waals surface area contributed by atoms with Crippen LogP contribution in [0.4, 0.5) is 0 Å². The van der Waals surface area contributed by atoms with Crippen LogP contribution in [-0.2, 0) is 14.9 Å². The molecule has 0 aliphatic rings. The fraction of sp³-hybridized carbons (Fsp3) is 0.958. The highest BCUT2D eigenvalue weighted by Gasteiger charge is 2.25. The van der Waals surface area contributed by atoms with Gasteiger partial charge in [0.1, 0.15) is 0 Å². The SMILES string of the molecule is CCCCCCCCCCCC(=O)NC(CS(=O)(=O)O)C(O)CCCCCCCCC. The first-order chi connectivity index (χ1) is 14.8. The van der Waals surface area contributed by atoms with E-state index in [0.29, 0.717) is 12.8 Å². The van der Waals surface area contributed by atoms with Gasteiger partial charge in [0.25, 0.3) is 10.1 Å². The predicted molar refractivity (Wildman–Crippen MR) is 129 cm³/mol. The average molecular weight is 464 g/mol. The molecular formula is C24H49NO5S. The van der Waals surface area contributed by atoms with Crippen molar-refractivity contribution in [3.8, 4) is 0 Å². The number of amides is 1. The molecule has 0 fully saturated rings. The minimum Gasteiger partial charge on any atom is -0.391 e. The highest BCUT2D eigenvalue weighted by atomic mass is 32.2. The summed E-state index contributed by atoms with van der Waals surface area (Å²) in [5.74, 6) is -0.899. The molecule has 1 amide bonds. The number of carbonyl (C=O) groups is 1. The number of aliphatic hydroxyl groups excluding tert-OH is 1. The molecule has 186 valence electrons. The minimum absolute atomic E-state index is 0.254. The van der Waals surface area contributed by atoms with Crippen LogP contribution in [0.15, 0.2) is 0 Å².